The first-order valence-corrected chi connectivity index (χ1v) is 7.48. The number of benzene rings is 1. The molecule has 108 valence electrons. The third-order valence-corrected chi connectivity index (χ3v) is 3.93. The second kappa shape index (κ2) is 5.94. The number of carbonyl (C=O) groups is 1. The van der Waals surface area contributed by atoms with Gasteiger partial charge in [-0.3, -0.25) is 9.69 Å². The predicted molar refractivity (Wildman–Crippen MR) is 77.1 cm³/mol. The van der Waals surface area contributed by atoms with E-state index < -0.39 is 0 Å². The van der Waals surface area contributed by atoms with Crippen LogP contribution >= 0.6 is 0 Å². The Hall–Kier alpha value is -1.39. The normalized spacial score (nSPS) is 19.6. The van der Waals surface area contributed by atoms with Gasteiger partial charge in [-0.1, -0.05) is 24.3 Å². The molecule has 0 saturated heterocycles. The average molecular weight is 274 g/mol. The summed E-state index contributed by atoms with van der Waals surface area (Å²) in [7, 11) is 0. The van der Waals surface area contributed by atoms with Gasteiger partial charge in [-0.05, 0) is 30.9 Å². The lowest BCUT2D eigenvalue weighted by Gasteiger charge is -2.23. The lowest BCUT2D eigenvalue weighted by Crippen LogP contribution is -2.46. The molecule has 2 aliphatic rings. The quantitative estimate of drug-likeness (QED) is 0.802. The van der Waals surface area contributed by atoms with Gasteiger partial charge in [0.05, 0.1) is 6.61 Å². The lowest BCUT2D eigenvalue weighted by molar-refractivity contribution is -0.146. The number of ether oxygens (including phenoxy) is 1. The molecular weight excluding hydrogens is 252 g/mol. The highest BCUT2D eigenvalue weighted by atomic mass is 16.5. The maximum Gasteiger partial charge on any atom is 0.324 e. The van der Waals surface area contributed by atoms with Crippen molar-refractivity contribution in [2.45, 2.75) is 44.9 Å². The summed E-state index contributed by atoms with van der Waals surface area (Å²) >= 11 is 0. The summed E-state index contributed by atoms with van der Waals surface area (Å²) in [5.41, 5.74) is 2.75. The van der Waals surface area contributed by atoms with Crippen molar-refractivity contribution in [3.63, 3.8) is 0 Å². The highest BCUT2D eigenvalue weighted by Crippen LogP contribution is 2.24. The molecule has 1 aliphatic heterocycles. The van der Waals surface area contributed by atoms with Gasteiger partial charge in [0, 0.05) is 25.7 Å². The Morgan fingerprint density at radius 1 is 1.35 bits per heavy atom. The number of esters is 1. The molecule has 1 aromatic rings. The number of hydrogen-bond donors (Lipinski definition) is 1. The molecule has 1 fully saturated rings. The Labute approximate surface area is 120 Å². The van der Waals surface area contributed by atoms with Crippen LogP contribution in [-0.4, -0.2) is 36.1 Å². The second-order valence-corrected chi connectivity index (χ2v) is 5.68. The summed E-state index contributed by atoms with van der Waals surface area (Å²) in [6.07, 6.45) is 2.35. The standard InChI is InChI=1S/C16H22N2O2/c1-2-20-16(19)15(17-14-7-8-14)11-18-9-12-5-3-4-6-13(12)10-18/h3-6,14-15,17H,2,7-11H2,1H3. The summed E-state index contributed by atoms with van der Waals surface area (Å²) in [6, 6.07) is 8.80. The third-order valence-electron chi connectivity index (χ3n) is 3.93. The molecule has 1 aromatic carbocycles. The van der Waals surface area contributed by atoms with Gasteiger partial charge in [-0.25, -0.2) is 0 Å². The van der Waals surface area contributed by atoms with Crippen LogP contribution in [0.25, 0.3) is 0 Å². The van der Waals surface area contributed by atoms with Crippen LogP contribution in [-0.2, 0) is 22.6 Å². The van der Waals surface area contributed by atoms with Crippen molar-refractivity contribution in [1.82, 2.24) is 10.2 Å². The van der Waals surface area contributed by atoms with Crippen molar-refractivity contribution in [3.05, 3.63) is 35.4 Å². The van der Waals surface area contributed by atoms with E-state index in [2.05, 4.69) is 34.5 Å². The minimum absolute atomic E-state index is 0.115. The second-order valence-electron chi connectivity index (χ2n) is 5.68. The summed E-state index contributed by atoms with van der Waals surface area (Å²) < 4.78 is 5.19. The minimum atomic E-state index is -0.197. The molecule has 0 radical (unpaired) electrons. The van der Waals surface area contributed by atoms with Gasteiger partial charge in [0.1, 0.15) is 6.04 Å². The molecular formula is C16H22N2O2. The summed E-state index contributed by atoms with van der Waals surface area (Å²) in [6.45, 7) is 4.89. The van der Waals surface area contributed by atoms with Gasteiger partial charge in [-0.2, -0.15) is 0 Å². The molecule has 0 spiro atoms. The number of nitrogens with zero attached hydrogens (tertiary/aromatic N) is 1. The van der Waals surface area contributed by atoms with Crippen molar-refractivity contribution in [2.75, 3.05) is 13.2 Å². The Kier molecular flexibility index (Phi) is 4.03. The van der Waals surface area contributed by atoms with E-state index in [1.165, 1.54) is 24.0 Å². The largest absolute Gasteiger partial charge is 0.465 e. The van der Waals surface area contributed by atoms with Crippen LogP contribution in [0.1, 0.15) is 30.9 Å². The highest BCUT2D eigenvalue weighted by Gasteiger charge is 2.31. The summed E-state index contributed by atoms with van der Waals surface area (Å²) in [4.78, 5) is 14.4. The van der Waals surface area contributed by atoms with Gasteiger partial charge in [0.25, 0.3) is 0 Å². The van der Waals surface area contributed by atoms with Crippen molar-refractivity contribution in [3.8, 4) is 0 Å². The molecule has 4 nitrogen and oxygen atoms in total. The fourth-order valence-corrected chi connectivity index (χ4v) is 2.76. The molecule has 0 amide bonds. The van der Waals surface area contributed by atoms with Crippen LogP contribution in [0.15, 0.2) is 24.3 Å². The molecule has 1 heterocycles. The Morgan fingerprint density at radius 3 is 2.55 bits per heavy atom. The Bertz CT molecular complexity index is 460. The average Bonchev–Trinajstić information content (AvgIpc) is 3.16. The van der Waals surface area contributed by atoms with E-state index in [0.717, 1.165) is 19.6 Å². The first-order valence-electron chi connectivity index (χ1n) is 7.48. The molecule has 1 saturated carbocycles. The van der Waals surface area contributed by atoms with E-state index in [4.69, 9.17) is 4.74 Å². The molecule has 1 N–H and O–H groups in total. The van der Waals surface area contributed by atoms with Crippen LogP contribution in [0.4, 0.5) is 0 Å². The molecule has 3 rings (SSSR count). The monoisotopic (exact) mass is 274 g/mol. The minimum Gasteiger partial charge on any atom is -0.465 e. The number of fused-ring (bicyclic) bond motifs is 1. The van der Waals surface area contributed by atoms with E-state index in [1.54, 1.807) is 0 Å². The predicted octanol–water partition coefficient (Wildman–Crippen LogP) is 1.69. The molecule has 4 heteroatoms. The van der Waals surface area contributed by atoms with Crippen molar-refractivity contribution < 1.29 is 9.53 Å². The number of nitrogens with one attached hydrogen (secondary N) is 1. The SMILES string of the molecule is CCOC(=O)C(CN1Cc2ccccc2C1)NC1CC1. The van der Waals surface area contributed by atoms with Crippen LogP contribution in [0, 0.1) is 0 Å². The topological polar surface area (TPSA) is 41.6 Å². The zero-order chi connectivity index (χ0) is 13.9. The van der Waals surface area contributed by atoms with Crippen molar-refractivity contribution in [1.29, 1.82) is 0 Å². The number of hydrogen-bond acceptors (Lipinski definition) is 4. The fourth-order valence-electron chi connectivity index (χ4n) is 2.76. The van der Waals surface area contributed by atoms with Gasteiger partial charge >= 0.3 is 5.97 Å². The number of rotatable bonds is 6. The first kappa shape index (κ1) is 13.6. The van der Waals surface area contributed by atoms with Gasteiger partial charge in [-0.15, -0.1) is 0 Å². The van der Waals surface area contributed by atoms with Crippen molar-refractivity contribution >= 4 is 5.97 Å². The highest BCUT2D eigenvalue weighted by molar-refractivity contribution is 5.76. The molecule has 1 atom stereocenters. The van der Waals surface area contributed by atoms with Gasteiger partial charge < -0.3 is 10.1 Å². The molecule has 0 aromatic heterocycles. The fraction of sp³-hybridized carbons (Fsp3) is 0.562. The molecule has 20 heavy (non-hydrogen) atoms. The first-order chi connectivity index (χ1) is 9.76. The van der Waals surface area contributed by atoms with Gasteiger partial charge in [0.2, 0.25) is 0 Å². The van der Waals surface area contributed by atoms with Crippen LogP contribution in [0.3, 0.4) is 0 Å². The van der Waals surface area contributed by atoms with Crippen molar-refractivity contribution in [2.24, 2.45) is 0 Å². The zero-order valence-electron chi connectivity index (χ0n) is 12.0. The van der Waals surface area contributed by atoms with E-state index in [9.17, 15) is 4.79 Å². The number of carbonyl (C=O) groups excluding carboxylic acids is 1. The van der Waals surface area contributed by atoms with Gasteiger partial charge in [0.15, 0.2) is 0 Å². The summed E-state index contributed by atoms with van der Waals surface area (Å²) in [5, 5.41) is 3.41. The summed E-state index contributed by atoms with van der Waals surface area (Å²) in [5.74, 6) is -0.115. The Morgan fingerprint density at radius 2 is 2.00 bits per heavy atom. The molecule has 1 unspecified atom stereocenters. The third kappa shape index (κ3) is 3.19. The van der Waals surface area contributed by atoms with E-state index in [1.807, 2.05) is 6.92 Å². The Balaban J connectivity index is 1.60. The molecule has 0 bridgehead atoms. The maximum atomic E-state index is 12.1. The molecule has 1 aliphatic carbocycles. The van der Waals surface area contributed by atoms with Crippen LogP contribution in [0.5, 0.6) is 0 Å². The van der Waals surface area contributed by atoms with Crippen LogP contribution < -0.4 is 5.32 Å². The van der Waals surface area contributed by atoms with E-state index in [0.29, 0.717) is 12.6 Å². The van der Waals surface area contributed by atoms with E-state index in [-0.39, 0.29) is 12.0 Å². The lowest BCUT2D eigenvalue weighted by atomic mass is 10.1. The maximum absolute atomic E-state index is 12.1. The van der Waals surface area contributed by atoms with Crippen LogP contribution in [0.2, 0.25) is 0 Å². The zero-order valence-corrected chi connectivity index (χ0v) is 12.0. The van der Waals surface area contributed by atoms with E-state index >= 15 is 0 Å². The smallest absolute Gasteiger partial charge is 0.324 e.